The average molecular weight is 334 g/mol. The molecule has 1 aromatic heterocycles. The fourth-order valence-corrected chi connectivity index (χ4v) is 2.79. The van der Waals surface area contributed by atoms with Gasteiger partial charge < -0.3 is 9.72 Å². The number of hydrogen-bond donors (Lipinski definition) is 1. The first-order valence-corrected chi connectivity index (χ1v) is 8.02. The number of nitrogens with zero attached hydrogens (tertiary/aromatic N) is 3. The summed E-state index contributed by atoms with van der Waals surface area (Å²) in [7, 11) is 0. The molecule has 0 radical (unpaired) electrons. The summed E-state index contributed by atoms with van der Waals surface area (Å²) in [5, 5.41) is 4.54. The van der Waals surface area contributed by atoms with Gasteiger partial charge in [0.15, 0.2) is 0 Å². The van der Waals surface area contributed by atoms with E-state index in [0.29, 0.717) is 24.4 Å². The number of aromatic amines is 1. The highest BCUT2D eigenvalue weighted by Gasteiger charge is 2.13. The average Bonchev–Trinajstić information content (AvgIpc) is 2.64. The van der Waals surface area contributed by atoms with Crippen LogP contribution in [0, 0.1) is 0 Å². The summed E-state index contributed by atoms with van der Waals surface area (Å²) in [6.07, 6.45) is 0. The fraction of sp³-hybridized carbons (Fsp3) is 0.211. The molecular formula is C19H18N4O2. The molecule has 0 fully saturated rings. The highest BCUT2D eigenvalue weighted by Crippen LogP contribution is 2.31. The van der Waals surface area contributed by atoms with Gasteiger partial charge >= 0.3 is 0 Å². The number of rotatable bonds is 6. The van der Waals surface area contributed by atoms with E-state index < -0.39 is 0 Å². The maximum absolute atomic E-state index is 11.8. The van der Waals surface area contributed by atoms with Crippen LogP contribution in [0.2, 0.25) is 0 Å². The zero-order chi connectivity index (χ0) is 17.6. The predicted octanol–water partition coefficient (Wildman–Crippen LogP) is 4.52. The number of H-pyrrole nitrogens is 1. The molecule has 0 aliphatic carbocycles. The first-order valence-electron chi connectivity index (χ1n) is 8.02. The molecular weight excluding hydrogens is 316 g/mol. The van der Waals surface area contributed by atoms with Crippen LogP contribution in [0.1, 0.15) is 24.0 Å². The monoisotopic (exact) mass is 334 g/mol. The minimum atomic E-state index is -0.183. The van der Waals surface area contributed by atoms with E-state index >= 15 is 0 Å². The van der Waals surface area contributed by atoms with E-state index in [2.05, 4.69) is 15.0 Å². The summed E-state index contributed by atoms with van der Waals surface area (Å²) in [5.41, 5.74) is 11.1. The van der Waals surface area contributed by atoms with E-state index in [0.717, 1.165) is 16.5 Å². The van der Waals surface area contributed by atoms with Crippen LogP contribution < -0.4 is 10.3 Å². The van der Waals surface area contributed by atoms with Crippen LogP contribution in [0.15, 0.2) is 64.5 Å². The van der Waals surface area contributed by atoms with Gasteiger partial charge in [0, 0.05) is 22.9 Å². The molecule has 0 spiro atoms. The Balaban J connectivity index is 1.98. The molecule has 3 aromatic rings. The van der Waals surface area contributed by atoms with Crippen molar-refractivity contribution < 1.29 is 4.74 Å². The lowest BCUT2D eigenvalue weighted by molar-refractivity contribution is 0.309. The van der Waals surface area contributed by atoms with Gasteiger partial charge in [-0.15, -0.1) is 0 Å². The van der Waals surface area contributed by atoms with Gasteiger partial charge in [-0.1, -0.05) is 48.4 Å². The quantitative estimate of drug-likeness (QED) is 0.408. The second kappa shape index (κ2) is 7.55. The normalized spacial score (nSPS) is 11.7. The van der Waals surface area contributed by atoms with Crippen LogP contribution in [0.4, 0.5) is 0 Å². The maximum Gasteiger partial charge on any atom is 0.248 e. The molecule has 1 heterocycles. The van der Waals surface area contributed by atoms with Crippen molar-refractivity contribution in [3.05, 3.63) is 86.5 Å². The molecule has 0 bridgehead atoms. The van der Waals surface area contributed by atoms with Crippen molar-refractivity contribution in [2.75, 3.05) is 6.54 Å². The Morgan fingerprint density at radius 2 is 1.96 bits per heavy atom. The number of fused-ring (bicyclic) bond motifs is 1. The maximum atomic E-state index is 11.8. The molecule has 0 unspecified atom stereocenters. The van der Waals surface area contributed by atoms with E-state index in [1.807, 2.05) is 49.4 Å². The summed E-state index contributed by atoms with van der Waals surface area (Å²) in [5.74, 6) is 0.656. The Labute approximate surface area is 144 Å². The van der Waals surface area contributed by atoms with Crippen LogP contribution >= 0.6 is 0 Å². The molecule has 0 amide bonds. The van der Waals surface area contributed by atoms with E-state index in [4.69, 9.17) is 10.3 Å². The highest BCUT2D eigenvalue weighted by atomic mass is 16.5. The molecule has 25 heavy (non-hydrogen) atoms. The number of nitrogens with one attached hydrogen (secondary N) is 1. The zero-order valence-corrected chi connectivity index (χ0v) is 13.8. The predicted molar refractivity (Wildman–Crippen MR) is 97.8 cm³/mol. The number of aromatic nitrogens is 1. The van der Waals surface area contributed by atoms with Crippen molar-refractivity contribution in [2.24, 2.45) is 5.11 Å². The lowest BCUT2D eigenvalue weighted by Crippen LogP contribution is -2.07. The Morgan fingerprint density at radius 3 is 2.72 bits per heavy atom. The number of hydrogen-bond acceptors (Lipinski definition) is 3. The minimum Gasteiger partial charge on any atom is -0.487 e. The second-order valence-electron chi connectivity index (χ2n) is 5.85. The van der Waals surface area contributed by atoms with Crippen LogP contribution in [0.25, 0.3) is 21.3 Å². The standard InChI is InChI=1S/C19H18N4O2/c1-13(11-21-23-20)15-7-9-17(19-16(15)8-10-18(24)22-19)25-12-14-5-3-2-4-6-14/h2-10,13H,11-12H2,1H3,(H,22,24)/t13-/m0/s1. The van der Waals surface area contributed by atoms with Crippen LogP contribution in [0.5, 0.6) is 5.75 Å². The lowest BCUT2D eigenvalue weighted by atomic mass is 9.96. The summed E-state index contributed by atoms with van der Waals surface area (Å²) < 4.78 is 5.92. The summed E-state index contributed by atoms with van der Waals surface area (Å²) in [6, 6.07) is 16.9. The molecule has 126 valence electrons. The fourth-order valence-electron chi connectivity index (χ4n) is 2.79. The smallest absolute Gasteiger partial charge is 0.248 e. The summed E-state index contributed by atoms with van der Waals surface area (Å²) >= 11 is 0. The zero-order valence-electron chi connectivity index (χ0n) is 13.8. The Kier molecular flexibility index (Phi) is 5.02. The van der Waals surface area contributed by atoms with Gasteiger partial charge in [-0.2, -0.15) is 0 Å². The van der Waals surface area contributed by atoms with Crippen molar-refractivity contribution >= 4 is 10.9 Å². The number of ether oxygens (including phenoxy) is 1. The van der Waals surface area contributed by atoms with Gasteiger partial charge in [0.05, 0.1) is 5.52 Å². The van der Waals surface area contributed by atoms with E-state index in [1.165, 1.54) is 6.07 Å². The SMILES string of the molecule is C[C@@H](CN=[N+]=[N-])c1ccc(OCc2ccccc2)c2[nH]c(=O)ccc12. The molecule has 6 nitrogen and oxygen atoms in total. The lowest BCUT2D eigenvalue weighted by Gasteiger charge is -2.15. The summed E-state index contributed by atoms with van der Waals surface area (Å²) in [6.45, 7) is 2.76. The van der Waals surface area contributed by atoms with Crippen LogP contribution in [-0.4, -0.2) is 11.5 Å². The van der Waals surface area contributed by atoms with Gasteiger partial charge in [-0.25, -0.2) is 0 Å². The van der Waals surface area contributed by atoms with E-state index in [1.54, 1.807) is 6.07 Å². The minimum absolute atomic E-state index is 0.0347. The third-order valence-electron chi connectivity index (χ3n) is 4.08. The third-order valence-corrected chi connectivity index (χ3v) is 4.08. The second-order valence-corrected chi connectivity index (χ2v) is 5.85. The first kappa shape index (κ1) is 16.6. The van der Waals surface area contributed by atoms with Crippen molar-refractivity contribution in [3.63, 3.8) is 0 Å². The van der Waals surface area contributed by atoms with Crippen molar-refractivity contribution in [2.45, 2.75) is 19.4 Å². The third kappa shape index (κ3) is 3.82. The molecule has 0 saturated carbocycles. The number of azide groups is 1. The molecule has 1 atom stereocenters. The topological polar surface area (TPSA) is 90.8 Å². The van der Waals surface area contributed by atoms with Crippen LogP contribution in [-0.2, 0) is 6.61 Å². The van der Waals surface area contributed by atoms with Crippen molar-refractivity contribution in [3.8, 4) is 5.75 Å². The molecule has 0 aliphatic heterocycles. The first-order chi connectivity index (χ1) is 12.2. The largest absolute Gasteiger partial charge is 0.487 e. The Hall–Kier alpha value is -3.24. The molecule has 0 aliphatic rings. The highest BCUT2D eigenvalue weighted by molar-refractivity contribution is 5.87. The van der Waals surface area contributed by atoms with Gasteiger partial charge in [0.25, 0.3) is 0 Å². The van der Waals surface area contributed by atoms with E-state index in [-0.39, 0.29) is 11.5 Å². The Bertz CT molecular complexity index is 976. The molecule has 2 aromatic carbocycles. The van der Waals surface area contributed by atoms with Crippen molar-refractivity contribution in [1.29, 1.82) is 0 Å². The van der Waals surface area contributed by atoms with Gasteiger partial charge in [-0.05, 0) is 34.7 Å². The Morgan fingerprint density at radius 1 is 1.16 bits per heavy atom. The van der Waals surface area contributed by atoms with Crippen LogP contribution in [0.3, 0.4) is 0 Å². The number of benzene rings is 2. The molecule has 6 heteroatoms. The van der Waals surface area contributed by atoms with E-state index in [9.17, 15) is 4.79 Å². The number of pyridine rings is 1. The van der Waals surface area contributed by atoms with Gasteiger partial charge in [-0.3, -0.25) is 4.79 Å². The molecule has 0 saturated heterocycles. The summed E-state index contributed by atoms with van der Waals surface area (Å²) in [4.78, 5) is 17.5. The molecule has 3 rings (SSSR count). The van der Waals surface area contributed by atoms with Gasteiger partial charge in [0.1, 0.15) is 12.4 Å². The van der Waals surface area contributed by atoms with Gasteiger partial charge in [0.2, 0.25) is 5.56 Å². The van der Waals surface area contributed by atoms with Crippen molar-refractivity contribution in [1.82, 2.24) is 4.98 Å². The molecule has 1 N–H and O–H groups in total.